The molecular formula is C15H25BNS. The first kappa shape index (κ1) is 13.1. The van der Waals surface area contributed by atoms with Gasteiger partial charge in [-0.05, 0) is 52.9 Å². The van der Waals surface area contributed by atoms with Crippen LogP contribution in [-0.2, 0) is 0 Å². The van der Waals surface area contributed by atoms with E-state index in [0.29, 0.717) is 16.7 Å². The van der Waals surface area contributed by atoms with Gasteiger partial charge in [-0.15, -0.1) is 11.8 Å². The van der Waals surface area contributed by atoms with Crippen LogP contribution in [0, 0.1) is 5.92 Å². The van der Waals surface area contributed by atoms with E-state index in [1.807, 2.05) is 0 Å². The minimum atomic E-state index is 0.343. The van der Waals surface area contributed by atoms with E-state index < -0.39 is 0 Å². The van der Waals surface area contributed by atoms with Crippen LogP contribution in [0.5, 0.6) is 0 Å². The van der Waals surface area contributed by atoms with Gasteiger partial charge in [0.05, 0.1) is 0 Å². The van der Waals surface area contributed by atoms with Gasteiger partial charge in [-0.3, -0.25) is 0 Å². The van der Waals surface area contributed by atoms with E-state index in [2.05, 4.69) is 39.8 Å². The Morgan fingerprint density at radius 3 is 2.72 bits per heavy atom. The van der Waals surface area contributed by atoms with Crippen LogP contribution in [0.4, 0.5) is 0 Å². The maximum absolute atomic E-state index is 6.16. The molecule has 3 aliphatic carbocycles. The minimum absolute atomic E-state index is 0.343. The number of fused-ring (bicyclic) bond motifs is 1. The summed E-state index contributed by atoms with van der Waals surface area (Å²) < 4.78 is 0. The van der Waals surface area contributed by atoms with Gasteiger partial charge in [0.15, 0.2) is 0 Å². The molecule has 0 amide bonds. The first-order valence-corrected chi connectivity index (χ1v) is 8.42. The summed E-state index contributed by atoms with van der Waals surface area (Å²) in [4.78, 5) is 1.71. The SMILES string of the molecule is CC(C)CCSC1=C2CC2([B][C@@]2(C)CCC2N)C1. The molecule has 3 rings (SSSR count). The Morgan fingerprint density at radius 1 is 1.44 bits per heavy atom. The van der Waals surface area contributed by atoms with E-state index in [9.17, 15) is 0 Å². The molecule has 3 atom stereocenters. The number of hydrogen-bond donors (Lipinski definition) is 1. The van der Waals surface area contributed by atoms with Gasteiger partial charge < -0.3 is 5.73 Å². The monoisotopic (exact) mass is 262 g/mol. The lowest BCUT2D eigenvalue weighted by molar-refractivity contribution is 0.295. The van der Waals surface area contributed by atoms with Crippen molar-refractivity contribution in [3.63, 3.8) is 0 Å². The Hall–Kier alpha value is 0.115. The quantitative estimate of drug-likeness (QED) is 0.732. The second-order valence-electron chi connectivity index (χ2n) is 7.24. The number of nitrogens with two attached hydrogens (primary N) is 1. The molecule has 2 saturated carbocycles. The van der Waals surface area contributed by atoms with Gasteiger partial charge in [0.1, 0.15) is 7.28 Å². The molecule has 0 aromatic rings. The molecule has 0 bridgehead atoms. The second-order valence-corrected chi connectivity index (χ2v) is 8.43. The Bertz CT molecular complexity index is 392. The fourth-order valence-corrected chi connectivity index (χ4v) is 5.07. The van der Waals surface area contributed by atoms with E-state index in [0.717, 1.165) is 5.92 Å². The van der Waals surface area contributed by atoms with Crippen LogP contribution in [0.15, 0.2) is 10.5 Å². The second kappa shape index (κ2) is 4.31. The minimum Gasteiger partial charge on any atom is -0.328 e. The smallest absolute Gasteiger partial charge is 0.134 e. The van der Waals surface area contributed by atoms with Crippen molar-refractivity contribution in [1.29, 1.82) is 0 Å². The van der Waals surface area contributed by atoms with Crippen LogP contribution < -0.4 is 5.73 Å². The molecule has 2 unspecified atom stereocenters. The summed E-state index contributed by atoms with van der Waals surface area (Å²) in [6.07, 6.45) is 6.55. The molecule has 1 nitrogen and oxygen atoms in total. The third-order valence-corrected chi connectivity index (χ3v) is 6.38. The van der Waals surface area contributed by atoms with Crippen molar-refractivity contribution in [2.24, 2.45) is 11.7 Å². The van der Waals surface area contributed by atoms with Crippen molar-refractivity contribution in [2.45, 2.75) is 69.5 Å². The number of hydrogen-bond acceptors (Lipinski definition) is 2. The van der Waals surface area contributed by atoms with Crippen LogP contribution in [0.3, 0.4) is 0 Å². The molecule has 0 aliphatic heterocycles. The molecular weight excluding hydrogens is 237 g/mol. The first-order chi connectivity index (χ1) is 8.45. The molecule has 0 aromatic heterocycles. The van der Waals surface area contributed by atoms with Crippen LogP contribution in [0.25, 0.3) is 0 Å². The summed E-state index contributed by atoms with van der Waals surface area (Å²) in [7, 11) is 2.62. The standard InChI is InChI=1S/C15H25BNS/c1-10(2)5-7-18-12-9-15(8-11(12)15)16-14(3)6-4-13(14)17/h10,13H,4-9,17H2,1-3H3/t13?,14-,15?/m0/s1. The van der Waals surface area contributed by atoms with Crippen molar-refractivity contribution >= 4 is 19.0 Å². The van der Waals surface area contributed by atoms with E-state index in [1.165, 1.54) is 37.9 Å². The Balaban J connectivity index is 1.50. The average molecular weight is 262 g/mol. The zero-order valence-electron chi connectivity index (χ0n) is 12.0. The highest BCUT2D eigenvalue weighted by Gasteiger charge is 2.62. The van der Waals surface area contributed by atoms with Crippen LogP contribution in [0.2, 0.25) is 10.6 Å². The van der Waals surface area contributed by atoms with Crippen molar-refractivity contribution in [2.75, 3.05) is 5.75 Å². The molecule has 0 aromatic carbocycles. The van der Waals surface area contributed by atoms with E-state index in [1.54, 1.807) is 10.5 Å². The van der Waals surface area contributed by atoms with Gasteiger partial charge >= 0.3 is 0 Å². The molecule has 1 radical (unpaired) electrons. The topological polar surface area (TPSA) is 26.0 Å². The first-order valence-electron chi connectivity index (χ1n) is 7.43. The fraction of sp³-hybridized carbons (Fsp3) is 0.867. The zero-order valence-corrected chi connectivity index (χ0v) is 12.8. The third-order valence-electron chi connectivity index (χ3n) is 5.20. The van der Waals surface area contributed by atoms with Gasteiger partial charge in [0.25, 0.3) is 0 Å². The predicted octanol–water partition coefficient (Wildman–Crippen LogP) is 3.99. The molecule has 0 heterocycles. The summed E-state index contributed by atoms with van der Waals surface area (Å²) in [6.45, 7) is 6.98. The fourth-order valence-electron chi connectivity index (χ4n) is 3.43. The van der Waals surface area contributed by atoms with Gasteiger partial charge in [0.2, 0.25) is 0 Å². The summed E-state index contributed by atoms with van der Waals surface area (Å²) in [5.41, 5.74) is 7.92. The molecule has 99 valence electrons. The number of thioether (sulfide) groups is 1. The Morgan fingerprint density at radius 2 is 2.22 bits per heavy atom. The lowest BCUT2D eigenvalue weighted by Crippen LogP contribution is -2.48. The predicted molar refractivity (Wildman–Crippen MR) is 82.2 cm³/mol. The number of rotatable bonds is 6. The summed E-state index contributed by atoms with van der Waals surface area (Å²) >= 11 is 2.12. The van der Waals surface area contributed by atoms with Gasteiger partial charge in [-0.2, -0.15) is 0 Å². The lowest BCUT2D eigenvalue weighted by atomic mass is 9.34. The lowest BCUT2D eigenvalue weighted by Gasteiger charge is -2.48. The van der Waals surface area contributed by atoms with Crippen molar-refractivity contribution < 1.29 is 0 Å². The van der Waals surface area contributed by atoms with Crippen LogP contribution in [-0.4, -0.2) is 19.1 Å². The van der Waals surface area contributed by atoms with E-state index in [-0.39, 0.29) is 0 Å². The summed E-state index contributed by atoms with van der Waals surface area (Å²) in [5.74, 6) is 2.15. The van der Waals surface area contributed by atoms with Crippen molar-refractivity contribution in [3.8, 4) is 0 Å². The molecule has 0 saturated heterocycles. The highest BCUT2D eigenvalue weighted by molar-refractivity contribution is 8.03. The van der Waals surface area contributed by atoms with Crippen molar-refractivity contribution in [1.82, 2.24) is 0 Å². The molecule has 18 heavy (non-hydrogen) atoms. The van der Waals surface area contributed by atoms with Gasteiger partial charge in [-0.1, -0.05) is 32.8 Å². The highest BCUT2D eigenvalue weighted by Crippen LogP contribution is 2.77. The normalized spacial score (nSPS) is 41.3. The largest absolute Gasteiger partial charge is 0.328 e. The Labute approximate surface area is 117 Å². The third kappa shape index (κ3) is 2.08. The van der Waals surface area contributed by atoms with Gasteiger partial charge in [-0.25, -0.2) is 0 Å². The molecule has 0 spiro atoms. The maximum Gasteiger partial charge on any atom is 0.134 e. The molecule has 3 aliphatic rings. The van der Waals surface area contributed by atoms with Gasteiger partial charge in [0, 0.05) is 6.04 Å². The van der Waals surface area contributed by atoms with Crippen LogP contribution in [0.1, 0.15) is 52.9 Å². The average Bonchev–Trinajstić information content (AvgIpc) is 2.88. The maximum atomic E-state index is 6.16. The van der Waals surface area contributed by atoms with E-state index >= 15 is 0 Å². The van der Waals surface area contributed by atoms with E-state index in [4.69, 9.17) is 5.73 Å². The zero-order chi connectivity index (χ0) is 13.0. The molecule has 2 fully saturated rings. The van der Waals surface area contributed by atoms with Crippen LogP contribution >= 0.6 is 11.8 Å². The Kier molecular flexibility index (Phi) is 3.14. The van der Waals surface area contributed by atoms with Crippen molar-refractivity contribution in [3.05, 3.63) is 10.5 Å². The summed E-state index contributed by atoms with van der Waals surface area (Å²) in [5, 5.41) is 0.864. The summed E-state index contributed by atoms with van der Waals surface area (Å²) in [6, 6.07) is 0.423. The highest BCUT2D eigenvalue weighted by atomic mass is 32.2. The number of allylic oxidation sites excluding steroid dienone is 2. The molecule has 3 heteroatoms. The molecule has 2 N–H and O–H groups in total.